The van der Waals surface area contributed by atoms with Crippen LogP contribution >= 0.6 is 0 Å². The Morgan fingerprint density at radius 2 is 1.65 bits per heavy atom. The summed E-state index contributed by atoms with van der Waals surface area (Å²) in [7, 11) is 0. The Morgan fingerprint density at radius 1 is 0.935 bits per heavy atom. The second-order valence-electron chi connectivity index (χ2n) is 7.52. The molecule has 1 amide bonds. The van der Waals surface area contributed by atoms with Crippen molar-refractivity contribution in [3.05, 3.63) is 78.5 Å². The third kappa shape index (κ3) is 5.54. The Bertz CT molecular complexity index is 967. The fourth-order valence-electron chi connectivity index (χ4n) is 3.74. The molecule has 0 aliphatic carbocycles. The summed E-state index contributed by atoms with van der Waals surface area (Å²) in [5, 5.41) is 2.93. The first-order valence-corrected chi connectivity index (χ1v) is 10.7. The zero-order valence-corrected chi connectivity index (χ0v) is 17.8. The lowest BCUT2D eigenvalue weighted by Crippen LogP contribution is -2.46. The molecule has 1 saturated heterocycles. The normalized spacial score (nSPS) is 13.7. The molecule has 6 heteroatoms. The predicted molar refractivity (Wildman–Crippen MR) is 125 cm³/mol. The first-order valence-electron chi connectivity index (χ1n) is 10.7. The van der Waals surface area contributed by atoms with Crippen molar-refractivity contribution in [2.45, 2.75) is 13.3 Å². The fourth-order valence-corrected chi connectivity index (χ4v) is 3.74. The van der Waals surface area contributed by atoms with Gasteiger partial charge in [-0.15, -0.1) is 0 Å². The van der Waals surface area contributed by atoms with Gasteiger partial charge in [0, 0.05) is 31.9 Å². The fraction of sp³-hybridized carbons (Fsp3) is 0.280. The van der Waals surface area contributed by atoms with Crippen molar-refractivity contribution in [1.82, 2.24) is 4.98 Å². The van der Waals surface area contributed by atoms with E-state index in [1.54, 1.807) is 6.20 Å². The molecule has 0 spiro atoms. The highest BCUT2D eigenvalue weighted by Crippen LogP contribution is 2.20. The Labute approximate surface area is 183 Å². The number of amides is 1. The van der Waals surface area contributed by atoms with Crippen molar-refractivity contribution in [2.75, 3.05) is 47.9 Å². The zero-order valence-electron chi connectivity index (χ0n) is 17.8. The van der Waals surface area contributed by atoms with Gasteiger partial charge in [-0.25, -0.2) is 4.98 Å². The lowest BCUT2D eigenvalue weighted by molar-refractivity contribution is -0.115. The van der Waals surface area contributed by atoms with Crippen molar-refractivity contribution in [3.63, 3.8) is 0 Å². The van der Waals surface area contributed by atoms with Gasteiger partial charge < -0.3 is 19.9 Å². The van der Waals surface area contributed by atoms with E-state index in [1.165, 1.54) is 5.69 Å². The van der Waals surface area contributed by atoms with Gasteiger partial charge in [0.1, 0.15) is 11.6 Å². The van der Waals surface area contributed by atoms with E-state index < -0.39 is 0 Å². The number of piperazine rings is 1. The van der Waals surface area contributed by atoms with Crippen LogP contribution in [0.3, 0.4) is 0 Å². The van der Waals surface area contributed by atoms with E-state index in [0.717, 1.165) is 43.3 Å². The summed E-state index contributed by atoms with van der Waals surface area (Å²) in [6, 6.07) is 22.0. The minimum atomic E-state index is -0.0600. The van der Waals surface area contributed by atoms with Gasteiger partial charge >= 0.3 is 0 Å². The molecule has 0 atom stereocenters. The molecule has 0 radical (unpaired) electrons. The van der Waals surface area contributed by atoms with Crippen molar-refractivity contribution < 1.29 is 9.53 Å². The third-order valence-electron chi connectivity index (χ3n) is 5.36. The van der Waals surface area contributed by atoms with Crippen LogP contribution in [0.1, 0.15) is 12.5 Å². The van der Waals surface area contributed by atoms with E-state index in [2.05, 4.69) is 44.4 Å². The van der Waals surface area contributed by atoms with Gasteiger partial charge in [0.05, 0.1) is 24.9 Å². The van der Waals surface area contributed by atoms with E-state index in [4.69, 9.17) is 4.74 Å². The molecule has 0 bridgehead atoms. The third-order valence-corrected chi connectivity index (χ3v) is 5.36. The average Bonchev–Trinajstić information content (AvgIpc) is 2.82. The summed E-state index contributed by atoms with van der Waals surface area (Å²) < 4.78 is 5.44. The predicted octanol–water partition coefficient (Wildman–Crippen LogP) is 3.99. The number of rotatable bonds is 7. The number of aromatic nitrogens is 1. The highest BCUT2D eigenvalue weighted by Gasteiger charge is 2.18. The second-order valence-corrected chi connectivity index (χ2v) is 7.52. The van der Waals surface area contributed by atoms with Gasteiger partial charge in [0.15, 0.2) is 0 Å². The molecule has 1 fully saturated rings. The summed E-state index contributed by atoms with van der Waals surface area (Å²) in [5.41, 5.74) is 2.92. The Kier molecular flexibility index (Phi) is 6.67. The number of anilines is 3. The standard InChI is InChI=1S/C25H28N4O2/c1-2-31-23-11-8-20(9-12-23)18-25(30)27-21-10-13-24(26-19-21)29-16-14-28(15-17-29)22-6-4-3-5-7-22/h3-13,19H,2,14-18H2,1H3,(H,27,30). The average molecular weight is 417 g/mol. The van der Waals surface area contributed by atoms with Gasteiger partial charge in [0.2, 0.25) is 5.91 Å². The lowest BCUT2D eigenvalue weighted by Gasteiger charge is -2.36. The number of hydrogen-bond acceptors (Lipinski definition) is 5. The monoisotopic (exact) mass is 416 g/mol. The number of nitrogens with one attached hydrogen (secondary N) is 1. The molecule has 3 aromatic rings. The van der Waals surface area contributed by atoms with Crippen LogP contribution in [0.4, 0.5) is 17.2 Å². The first kappa shape index (κ1) is 20.7. The number of benzene rings is 2. The molecule has 1 aromatic heterocycles. The van der Waals surface area contributed by atoms with Crippen molar-refractivity contribution in [3.8, 4) is 5.75 Å². The van der Waals surface area contributed by atoms with Crippen LogP contribution in [0.15, 0.2) is 72.9 Å². The number of pyridine rings is 1. The molecule has 0 saturated carbocycles. The minimum Gasteiger partial charge on any atom is -0.494 e. The quantitative estimate of drug-likeness (QED) is 0.631. The van der Waals surface area contributed by atoms with Gasteiger partial charge in [0.25, 0.3) is 0 Å². The highest BCUT2D eigenvalue weighted by atomic mass is 16.5. The van der Waals surface area contributed by atoms with Gasteiger partial charge in [-0.3, -0.25) is 4.79 Å². The summed E-state index contributed by atoms with van der Waals surface area (Å²) in [5.74, 6) is 1.70. The molecule has 1 aliphatic heterocycles. The minimum absolute atomic E-state index is 0.0600. The second kappa shape index (κ2) is 9.98. The molecule has 31 heavy (non-hydrogen) atoms. The Morgan fingerprint density at radius 3 is 2.29 bits per heavy atom. The molecule has 2 aromatic carbocycles. The topological polar surface area (TPSA) is 57.7 Å². The summed E-state index contributed by atoms with van der Waals surface area (Å²) in [6.45, 7) is 6.35. The molecule has 4 rings (SSSR count). The van der Waals surface area contributed by atoms with Crippen molar-refractivity contribution in [1.29, 1.82) is 0 Å². The number of carbonyl (C=O) groups is 1. The maximum absolute atomic E-state index is 12.4. The number of nitrogens with zero attached hydrogens (tertiary/aromatic N) is 3. The van der Waals surface area contributed by atoms with E-state index >= 15 is 0 Å². The van der Waals surface area contributed by atoms with Crippen LogP contribution in [0.5, 0.6) is 5.75 Å². The molecular weight excluding hydrogens is 388 g/mol. The van der Waals surface area contributed by atoms with Crippen LogP contribution in [-0.4, -0.2) is 43.7 Å². The number of hydrogen-bond donors (Lipinski definition) is 1. The van der Waals surface area contributed by atoms with E-state index in [9.17, 15) is 4.79 Å². The van der Waals surface area contributed by atoms with Crippen LogP contribution in [-0.2, 0) is 11.2 Å². The maximum atomic E-state index is 12.4. The first-order chi connectivity index (χ1) is 15.2. The maximum Gasteiger partial charge on any atom is 0.228 e. The zero-order chi connectivity index (χ0) is 21.5. The van der Waals surface area contributed by atoms with Gasteiger partial charge in [-0.05, 0) is 48.9 Å². The molecule has 2 heterocycles. The lowest BCUT2D eigenvalue weighted by atomic mass is 10.1. The van der Waals surface area contributed by atoms with E-state index in [1.807, 2.05) is 49.4 Å². The van der Waals surface area contributed by atoms with Gasteiger partial charge in [-0.1, -0.05) is 30.3 Å². The van der Waals surface area contributed by atoms with Crippen LogP contribution in [0.2, 0.25) is 0 Å². The van der Waals surface area contributed by atoms with E-state index in [-0.39, 0.29) is 5.91 Å². The summed E-state index contributed by atoms with van der Waals surface area (Å²) in [6.07, 6.45) is 2.05. The van der Waals surface area contributed by atoms with E-state index in [0.29, 0.717) is 18.7 Å². The SMILES string of the molecule is CCOc1ccc(CC(=O)Nc2ccc(N3CCN(c4ccccc4)CC3)nc2)cc1. The molecule has 160 valence electrons. The smallest absolute Gasteiger partial charge is 0.228 e. The van der Waals surface area contributed by atoms with Crippen LogP contribution < -0.4 is 19.9 Å². The molecule has 1 N–H and O–H groups in total. The van der Waals surface area contributed by atoms with Crippen molar-refractivity contribution >= 4 is 23.1 Å². The Hall–Kier alpha value is -3.54. The number of carbonyl (C=O) groups excluding carboxylic acids is 1. The van der Waals surface area contributed by atoms with Crippen molar-refractivity contribution in [2.24, 2.45) is 0 Å². The Balaban J connectivity index is 1.28. The van der Waals surface area contributed by atoms with Gasteiger partial charge in [-0.2, -0.15) is 0 Å². The molecule has 6 nitrogen and oxygen atoms in total. The summed E-state index contributed by atoms with van der Waals surface area (Å²) in [4.78, 5) is 21.6. The van der Waals surface area contributed by atoms with Crippen LogP contribution in [0.25, 0.3) is 0 Å². The molecule has 1 aliphatic rings. The molecular formula is C25H28N4O2. The highest BCUT2D eigenvalue weighted by molar-refractivity contribution is 5.92. The number of para-hydroxylation sites is 1. The summed E-state index contributed by atoms with van der Waals surface area (Å²) >= 11 is 0. The van der Waals surface area contributed by atoms with Crippen LogP contribution in [0, 0.1) is 0 Å². The molecule has 0 unspecified atom stereocenters. The largest absolute Gasteiger partial charge is 0.494 e. The number of ether oxygens (including phenoxy) is 1.